The number of hydrogen-bond acceptors (Lipinski definition) is 2. The van der Waals surface area contributed by atoms with E-state index in [1.165, 1.54) is 0 Å². The van der Waals surface area contributed by atoms with Crippen LogP contribution in [-0.4, -0.2) is 6.61 Å². The van der Waals surface area contributed by atoms with Gasteiger partial charge in [-0.2, -0.15) is 0 Å². The van der Waals surface area contributed by atoms with Crippen molar-refractivity contribution in [1.29, 1.82) is 0 Å². The van der Waals surface area contributed by atoms with Crippen LogP contribution in [-0.2, 0) is 0 Å². The molecular formula is C8H13N2O+. The summed E-state index contributed by atoms with van der Waals surface area (Å²) in [6, 6.07) is 5.50. The van der Waals surface area contributed by atoms with Crippen LogP contribution in [0.5, 0.6) is 5.88 Å². The van der Waals surface area contributed by atoms with E-state index in [9.17, 15) is 0 Å². The molecule has 0 aliphatic rings. The van der Waals surface area contributed by atoms with Gasteiger partial charge < -0.3 is 4.74 Å². The maximum absolute atomic E-state index is 5.49. The van der Waals surface area contributed by atoms with Crippen LogP contribution in [0.25, 0.3) is 0 Å². The highest BCUT2D eigenvalue weighted by Gasteiger charge is 1.97. The molecular weight excluding hydrogens is 140 g/mol. The van der Waals surface area contributed by atoms with Crippen LogP contribution in [0.2, 0.25) is 0 Å². The summed E-state index contributed by atoms with van der Waals surface area (Å²) in [7, 11) is 0. The van der Waals surface area contributed by atoms with Crippen LogP contribution < -0.4 is 15.5 Å². The van der Waals surface area contributed by atoms with E-state index >= 15 is 0 Å². The summed E-state index contributed by atoms with van der Waals surface area (Å²) in [6.45, 7) is 2.78. The lowest BCUT2D eigenvalue weighted by Gasteiger charge is -1.99. The second-order valence-electron chi connectivity index (χ2n) is 2.32. The zero-order chi connectivity index (χ0) is 8.10. The van der Waals surface area contributed by atoms with Crippen molar-refractivity contribution < 1.29 is 9.72 Å². The first-order chi connectivity index (χ1) is 5.33. The Balaban J connectivity index is 2.56. The molecule has 3 heteroatoms. The van der Waals surface area contributed by atoms with Gasteiger partial charge in [0.15, 0.2) is 0 Å². The van der Waals surface area contributed by atoms with Gasteiger partial charge in [0.25, 0.3) is 11.7 Å². The van der Waals surface area contributed by atoms with Crippen LogP contribution in [0.3, 0.4) is 0 Å². The number of pyridine rings is 1. The van der Waals surface area contributed by atoms with Crippen LogP contribution in [0, 0.1) is 0 Å². The van der Waals surface area contributed by atoms with Gasteiger partial charge in [-0.25, -0.2) is 4.98 Å². The second kappa shape index (κ2) is 3.81. The van der Waals surface area contributed by atoms with Crippen LogP contribution in [0.15, 0.2) is 18.2 Å². The molecule has 1 aromatic rings. The number of nitrogens with one attached hydrogen (secondary N) is 1. The molecule has 0 unspecified atom stereocenters. The Labute approximate surface area is 66.2 Å². The molecule has 0 atom stereocenters. The Morgan fingerprint density at radius 2 is 2.36 bits per heavy atom. The maximum Gasteiger partial charge on any atom is 0.281 e. The molecule has 1 heterocycles. The van der Waals surface area contributed by atoms with E-state index in [1.54, 1.807) is 6.07 Å². The zero-order valence-electron chi connectivity index (χ0n) is 6.63. The summed E-state index contributed by atoms with van der Waals surface area (Å²) >= 11 is 0. The van der Waals surface area contributed by atoms with Crippen molar-refractivity contribution in [2.24, 2.45) is 0 Å². The Morgan fingerprint density at radius 3 is 3.00 bits per heavy atom. The summed E-state index contributed by atoms with van der Waals surface area (Å²) in [5, 5.41) is 0. The molecule has 0 aliphatic heterocycles. The van der Waals surface area contributed by atoms with E-state index in [2.05, 4.69) is 11.9 Å². The van der Waals surface area contributed by atoms with Crippen molar-refractivity contribution in [1.82, 2.24) is 0 Å². The highest BCUT2D eigenvalue weighted by atomic mass is 16.5. The minimum Gasteiger partial charge on any atom is -0.462 e. The monoisotopic (exact) mass is 153 g/mol. The third kappa shape index (κ3) is 2.45. The molecule has 0 fully saturated rings. The molecule has 0 saturated carbocycles. The predicted octanol–water partition coefficient (Wildman–Crippen LogP) is 0.872. The van der Waals surface area contributed by atoms with E-state index in [-0.39, 0.29) is 0 Å². The fourth-order valence-electron chi connectivity index (χ4n) is 0.761. The van der Waals surface area contributed by atoms with Gasteiger partial charge in [-0.3, -0.25) is 5.73 Å². The van der Waals surface area contributed by atoms with Gasteiger partial charge in [-0.1, -0.05) is 6.92 Å². The largest absolute Gasteiger partial charge is 0.462 e. The average Bonchev–Trinajstić information content (AvgIpc) is 2.01. The molecule has 0 bridgehead atoms. The van der Waals surface area contributed by atoms with E-state index in [4.69, 9.17) is 10.5 Å². The Bertz CT molecular complexity index is 225. The number of rotatable bonds is 3. The van der Waals surface area contributed by atoms with Crippen LogP contribution >= 0.6 is 0 Å². The molecule has 0 radical (unpaired) electrons. The molecule has 3 nitrogen and oxygen atoms in total. The zero-order valence-corrected chi connectivity index (χ0v) is 6.63. The van der Waals surface area contributed by atoms with Gasteiger partial charge >= 0.3 is 0 Å². The van der Waals surface area contributed by atoms with Crippen LogP contribution in [0.4, 0.5) is 5.82 Å². The minimum absolute atomic E-state index is 0.624. The fourth-order valence-corrected chi connectivity index (χ4v) is 0.761. The molecule has 0 aliphatic carbocycles. The van der Waals surface area contributed by atoms with E-state index in [0.717, 1.165) is 18.9 Å². The van der Waals surface area contributed by atoms with Gasteiger partial charge in [0.1, 0.15) is 0 Å². The molecule has 11 heavy (non-hydrogen) atoms. The molecule has 1 rings (SSSR count). The first-order valence-corrected chi connectivity index (χ1v) is 3.73. The highest BCUT2D eigenvalue weighted by molar-refractivity contribution is 5.21. The van der Waals surface area contributed by atoms with Gasteiger partial charge in [0.05, 0.1) is 6.61 Å². The average molecular weight is 153 g/mol. The predicted molar refractivity (Wildman–Crippen MR) is 43.2 cm³/mol. The summed E-state index contributed by atoms with van der Waals surface area (Å²) in [4.78, 5) is 2.90. The van der Waals surface area contributed by atoms with E-state index in [0.29, 0.717) is 5.82 Å². The van der Waals surface area contributed by atoms with E-state index < -0.39 is 0 Å². The maximum atomic E-state index is 5.49. The van der Waals surface area contributed by atoms with Crippen molar-refractivity contribution in [2.75, 3.05) is 12.3 Å². The molecule has 60 valence electrons. The number of nitrogens with two attached hydrogens (primary N) is 1. The van der Waals surface area contributed by atoms with Crippen molar-refractivity contribution in [3.8, 4) is 5.88 Å². The summed E-state index contributed by atoms with van der Waals surface area (Å²) in [5.41, 5.74) is 5.49. The smallest absolute Gasteiger partial charge is 0.281 e. The molecule has 0 spiro atoms. The summed E-state index contributed by atoms with van der Waals surface area (Å²) in [5.74, 6) is 1.35. The van der Waals surface area contributed by atoms with Gasteiger partial charge in [-0.05, 0) is 12.5 Å². The Morgan fingerprint density at radius 1 is 1.55 bits per heavy atom. The van der Waals surface area contributed by atoms with Crippen molar-refractivity contribution in [3.63, 3.8) is 0 Å². The minimum atomic E-state index is 0.624. The number of aromatic nitrogens is 1. The van der Waals surface area contributed by atoms with Crippen molar-refractivity contribution in [2.45, 2.75) is 13.3 Å². The van der Waals surface area contributed by atoms with Gasteiger partial charge in [0.2, 0.25) is 0 Å². The Kier molecular flexibility index (Phi) is 2.72. The fraction of sp³-hybridized carbons (Fsp3) is 0.375. The molecule has 0 saturated heterocycles. The lowest BCUT2D eigenvalue weighted by atomic mass is 10.4. The number of nitrogen functional groups attached to an aromatic ring is 1. The summed E-state index contributed by atoms with van der Waals surface area (Å²) < 4.78 is 5.30. The van der Waals surface area contributed by atoms with Gasteiger partial charge in [-0.15, -0.1) is 0 Å². The SMILES string of the molecule is CCCOc1cccc(N)[nH+]1. The molecule has 0 aromatic carbocycles. The van der Waals surface area contributed by atoms with Crippen molar-refractivity contribution in [3.05, 3.63) is 18.2 Å². The van der Waals surface area contributed by atoms with Crippen molar-refractivity contribution >= 4 is 5.82 Å². The third-order valence-corrected chi connectivity index (χ3v) is 1.25. The number of H-pyrrole nitrogens is 1. The summed E-state index contributed by atoms with van der Waals surface area (Å²) in [6.07, 6.45) is 1.00. The van der Waals surface area contributed by atoms with Gasteiger partial charge in [0, 0.05) is 12.1 Å². The number of ether oxygens (including phenoxy) is 1. The highest BCUT2D eigenvalue weighted by Crippen LogP contribution is 2.01. The van der Waals surface area contributed by atoms with Crippen LogP contribution in [0.1, 0.15) is 13.3 Å². The first kappa shape index (κ1) is 7.85. The topological polar surface area (TPSA) is 49.4 Å². The molecule has 0 amide bonds. The Hall–Kier alpha value is -1.25. The third-order valence-electron chi connectivity index (χ3n) is 1.25. The number of anilines is 1. The number of aromatic amines is 1. The van der Waals surface area contributed by atoms with E-state index in [1.807, 2.05) is 12.1 Å². The normalized spacial score (nSPS) is 9.55. The lowest BCUT2D eigenvalue weighted by Crippen LogP contribution is -2.14. The molecule has 3 N–H and O–H groups in total. The first-order valence-electron chi connectivity index (χ1n) is 3.73. The number of hydrogen-bond donors (Lipinski definition) is 1. The second-order valence-corrected chi connectivity index (χ2v) is 2.32. The standard InChI is InChI=1S/C8H12N2O/c1-2-6-11-8-5-3-4-7(9)10-8/h3-5H,2,6H2,1H3,(H2,9,10)/p+1. The molecule has 1 aromatic heterocycles. The quantitative estimate of drug-likeness (QED) is 0.700. The lowest BCUT2D eigenvalue weighted by molar-refractivity contribution is -0.377.